The molecule has 0 saturated carbocycles. The summed E-state index contributed by atoms with van der Waals surface area (Å²) in [5.41, 5.74) is 3.17. The normalized spacial score (nSPS) is 11.1. The zero-order valence-electron chi connectivity index (χ0n) is 13.8. The highest BCUT2D eigenvalue weighted by atomic mass is 16.2. The third kappa shape index (κ3) is 3.88. The van der Waals surface area contributed by atoms with Crippen LogP contribution in [0.4, 0.5) is 11.4 Å². The molecule has 3 nitrogen and oxygen atoms in total. The molecule has 0 saturated heterocycles. The minimum absolute atomic E-state index is 0.0370. The van der Waals surface area contributed by atoms with Crippen molar-refractivity contribution in [1.29, 1.82) is 0 Å². The number of carbonyl (C=O) groups is 1. The van der Waals surface area contributed by atoms with Gasteiger partial charge in [0.25, 0.3) is 0 Å². The molecule has 116 valence electrons. The summed E-state index contributed by atoms with van der Waals surface area (Å²) in [6, 6.07) is 17.8. The third-order valence-electron chi connectivity index (χ3n) is 3.68. The Hall–Kier alpha value is -2.29. The van der Waals surface area contributed by atoms with E-state index in [9.17, 15) is 4.79 Å². The van der Waals surface area contributed by atoms with E-state index in [0.717, 1.165) is 11.4 Å². The van der Waals surface area contributed by atoms with Crippen LogP contribution in [-0.4, -0.2) is 19.5 Å². The number of nitrogens with zero attached hydrogens (tertiary/aromatic N) is 1. The smallest absolute Gasteiger partial charge is 0.246 e. The first-order valence-corrected chi connectivity index (χ1v) is 7.54. The lowest BCUT2D eigenvalue weighted by molar-refractivity contribution is -0.116. The Morgan fingerprint density at radius 3 is 2.23 bits per heavy atom. The van der Waals surface area contributed by atoms with Crippen LogP contribution in [0.25, 0.3) is 0 Å². The molecule has 0 spiro atoms. The molecular formula is C19H24N2O. The SMILES string of the molecule is CN(C(=O)CNc1ccccc1C(C)(C)C)c1ccccc1. The number of para-hydroxylation sites is 2. The number of benzene rings is 2. The summed E-state index contributed by atoms with van der Waals surface area (Å²) in [6.07, 6.45) is 0. The summed E-state index contributed by atoms with van der Waals surface area (Å²) in [5, 5.41) is 3.28. The van der Waals surface area contributed by atoms with Crippen molar-refractivity contribution in [1.82, 2.24) is 0 Å². The standard InChI is InChI=1S/C19H24N2O/c1-19(2,3)16-12-8-9-13-17(16)20-14-18(22)21(4)15-10-6-5-7-11-15/h5-13,20H,14H2,1-4H3. The third-order valence-corrected chi connectivity index (χ3v) is 3.68. The van der Waals surface area contributed by atoms with Crippen LogP contribution in [0.15, 0.2) is 54.6 Å². The number of nitrogens with one attached hydrogen (secondary N) is 1. The molecule has 2 aromatic carbocycles. The number of rotatable bonds is 4. The predicted molar refractivity (Wildman–Crippen MR) is 93.5 cm³/mol. The minimum Gasteiger partial charge on any atom is -0.376 e. The summed E-state index contributed by atoms with van der Waals surface area (Å²) in [5.74, 6) is 0.0370. The van der Waals surface area contributed by atoms with Crippen LogP contribution in [0.2, 0.25) is 0 Å². The van der Waals surface area contributed by atoms with Crippen molar-refractivity contribution in [2.45, 2.75) is 26.2 Å². The van der Waals surface area contributed by atoms with Crippen LogP contribution in [0.5, 0.6) is 0 Å². The van der Waals surface area contributed by atoms with Crippen LogP contribution in [0, 0.1) is 0 Å². The Labute approximate surface area is 133 Å². The summed E-state index contributed by atoms with van der Waals surface area (Å²) in [4.78, 5) is 14.0. The molecule has 2 aromatic rings. The Kier molecular flexibility index (Phi) is 4.86. The van der Waals surface area contributed by atoms with Gasteiger partial charge < -0.3 is 10.2 Å². The topological polar surface area (TPSA) is 32.3 Å². The molecule has 22 heavy (non-hydrogen) atoms. The minimum atomic E-state index is 0.0370. The van der Waals surface area contributed by atoms with Gasteiger partial charge in [0.05, 0.1) is 6.54 Å². The Balaban J connectivity index is 2.06. The van der Waals surface area contributed by atoms with E-state index in [-0.39, 0.29) is 17.9 Å². The number of anilines is 2. The number of likely N-dealkylation sites (N-methyl/N-ethyl adjacent to an activating group) is 1. The highest BCUT2D eigenvalue weighted by Gasteiger charge is 2.18. The summed E-state index contributed by atoms with van der Waals surface area (Å²) in [7, 11) is 1.80. The molecule has 0 aliphatic rings. The molecule has 0 radical (unpaired) electrons. The maximum Gasteiger partial charge on any atom is 0.246 e. The highest BCUT2D eigenvalue weighted by molar-refractivity contribution is 5.95. The van der Waals surface area contributed by atoms with E-state index in [1.807, 2.05) is 48.5 Å². The van der Waals surface area contributed by atoms with E-state index in [0.29, 0.717) is 0 Å². The molecule has 0 bridgehead atoms. The fourth-order valence-electron chi connectivity index (χ4n) is 2.38. The van der Waals surface area contributed by atoms with Gasteiger partial charge in [0, 0.05) is 18.4 Å². The molecule has 0 aliphatic heterocycles. The lowest BCUT2D eigenvalue weighted by atomic mass is 9.86. The summed E-state index contributed by atoms with van der Waals surface area (Å²) < 4.78 is 0. The van der Waals surface area contributed by atoms with Gasteiger partial charge in [0.2, 0.25) is 5.91 Å². The van der Waals surface area contributed by atoms with Gasteiger partial charge in [-0.3, -0.25) is 4.79 Å². The number of hydrogen-bond acceptors (Lipinski definition) is 2. The average molecular weight is 296 g/mol. The van der Waals surface area contributed by atoms with E-state index in [4.69, 9.17) is 0 Å². The van der Waals surface area contributed by atoms with Gasteiger partial charge in [0.15, 0.2) is 0 Å². The molecule has 1 N–H and O–H groups in total. The molecule has 0 unspecified atom stereocenters. The molecule has 0 aromatic heterocycles. The van der Waals surface area contributed by atoms with Crippen LogP contribution >= 0.6 is 0 Å². The van der Waals surface area contributed by atoms with Crippen LogP contribution in [0.3, 0.4) is 0 Å². The first-order valence-electron chi connectivity index (χ1n) is 7.54. The lowest BCUT2D eigenvalue weighted by Gasteiger charge is -2.24. The van der Waals surface area contributed by atoms with E-state index in [2.05, 4.69) is 32.2 Å². The predicted octanol–water partition coefficient (Wildman–Crippen LogP) is 4.06. The molecule has 0 atom stereocenters. The maximum absolute atomic E-state index is 12.3. The highest BCUT2D eigenvalue weighted by Crippen LogP contribution is 2.29. The fourth-order valence-corrected chi connectivity index (χ4v) is 2.38. The number of carbonyl (C=O) groups excluding carboxylic acids is 1. The van der Waals surface area contributed by atoms with E-state index in [1.165, 1.54) is 5.56 Å². The van der Waals surface area contributed by atoms with Gasteiger partial charge in [0.1, 0.15) is 0 Å². The van der Waals surface area contributed by atoms with Gasteiger partial charge >= 0.3 is 0 Å². The van der Waals surface area contributed by atoms with Crippen LogP contribution in [-0.2, 0) is 10.2 Å². The molecule has 0 heterocycles. The average Bonchev–Trinajstić information content (AvgIpc) is 2.52. The second-order valence-electron chi connectivity index (χ2n) is 6.44. The van der Waals surface area contributed by atoms with Crippen molar-refractivity contribution in [2.24, 2.45) is 0 Å². The van der Waals surface area contributed by atoms with Crippen LogP contribution < -0.4 is 10.2 Å². The Morgan fingerprint density at radius 2 is 1.59 bits per heavy atom. The number of hydrogen-bond donors (Lipinski definition) is 1. The second kappa shape index (κ2) is 6.65. The van der Waals surface area contributed by atoms with Crippen molar-refractivity contribution >= 4 is 17.3 Å². The zero-order valence-corrected chi connectivity index (χ0v) is 13.8. The summed E-state index contributed by atoms with van der Waals surface area (Å²) >= 11 is 0. The molecule has 3 heteroatoms. The van der Waals surface area contributed by atoms with Gasteiger partial charge in [-0.05, 0) is 29.2 Å². The van der Waals surface area contributed by atoms with Crippen molar-refractivity contribution in [3.63, 3.8) is 0 Å². The van der Waals surface area contributed by atoms with Crippen molar-refractivity contribution < 1.29 is 4.79 Å². The fraction of sp³-hybridized carbons (Fsp3) is 0.316. The second-order valence-corrected chi connectivity index (χ2v) is 6.44. The molecule has 0 aliphatic carbocycles. The van der Waals surface area contributed by atoms with E-state index >= 15 is 0 Å². The van der Waals surface area contributed by atoms with Crippen LogP contribution in [0.1, 0.15) is 26.3 Å². The first kappa shape index (κ1) is 16.1. The molecule has 0 fully saturated rings. The van der Waals surface area contributed by atoms with Gasteiger partial charge in [-0.1, -0.05) is 57.2 Å². The molecular weight excluding hydrogens is 272 g/mol. The lowest BCUT2D eigenvalue weighted by Crippen LogP contribution is -2.32. The molecule has 1 amide bonds. The van der Waals surface area contributed by atoms with E-state index in [1.54, 1.807) is 11.9 Å². The van der Waals surface area contributed by atoms with Crippen molar-refractivity contribution in [3.05, 3.63) is 60.2 Å². The van der Waals surface area contributed by atoms with E-state index < -0.39 is 0 Å². The largest absolute Gasteiger partial charge is 0.376 e. The monoisotopic (exact) mass is 296 g/mol. The molecule has 2 rings (SSSR count). The number of amides is 1. The first-order chi connectivity index (χ1) is 10.4. The van der Waals surface area contributed by atoms with Crippen molar-refractivity contribution in [2.75, 3.05) is 23.8 Å². The van der Waals surface area contributed by atoms with Crippen molar-refractivity contribution in [3.8, 4) is 0 Å². The quantitative estimate of drug-likeness (QED) is 0.923. The Morgan fingerprint density at radius 1 is 1.00 bits per heavy atom. The zero-order chi connectivity index (χ0) is 16.2. The summed E-state index contributed by atoms with van der Waals surface area (Å²) in [6.45, 7) is 6.79. The maximum atomic E-state index is 12.3. The Bertz CT molecular complexity index is 629. The van der Waals surface area contributed by atoms with Gasteiger partial charge in [-0.25, -0.2) is 0 Å². The van der Waals surface area contributed by atoms with Gasteiger partial charge in [-0.15, -0.1) is 0 Å². The van der Waals surface area contributed by atoms with Gasteiger partial charge in [-0.2, -0.15) is 0 Å².